The van der Waals surface area contributed by atoms with Gasteiger partial charge in [0.05, 0.1) is 7.11 Å². The summed E-state index contributed by atoms with van der Waals surface area (Å²) in [6, 6.07) is 5.69. The monoisotopic (exact) mass is 334 g/mol. The van der Waals surface area contributed by atoms with E-state index < -0.39 is 0 Å². The van der Waals surface area contributed by atoms with E-state index in [1.165, 1.54) is 5.57 Å². The molecule has 1 heterocycles. The number of aromatic hydroxyl groups is 1. The Morgan fingerprint density at radius 1 is 1.33 bits per heavy atom. The van der Waals surface area contributed by atoms with Gasteiger partial charge in [0.15, 0.2) is 0 Å². The topological polar surface area (TPSA) is 56.2 Å². The number of aliphatic hydroxyl groups excluding tert-OH is 1. The molecule has 24 heavy (non-hydrogen) atoms. The first-order chi connectivity index (χ1) is 11.5. The third-order valence-electron chi connectivity index (χ3n) is 4.57. The maximum atomic E-state index is 10.1. The molecular formula is C19H30N2O3. The Kier molecular flexibility index (Phi) is 7.09. The number of benzene rings is 1. The van der Waals surface area contributed by atoms with Crippen LogP contribution in [-0.4, -0.2) is 66.0 Å². The molecule has 0 amide bonds. The van der Waals surface area contributed by atoms with Crippen molar-refractivity contribution in [3.05, 3.63) is 35.4 Å². The van der Waals surface area contributed by atoms with E-state index in [9.17, 15) is 10.2 Å². The van der Waals surface area contributed by atoms with Crippen molar-refractivity contribution in [1.29, 1.82) is 0 Å². The van der Waals surface area contributed by atoms with Crippen LogP contribution in [0, 0.1) is 0 Å². The minimum atomic E-state index is 0.203. The second kappa shape index (κ2) is 9.06. The van der Waals surface area contributed by atoms with Gasteiger partial charge in [0.25, 0.3) is 0 Å². The van der Waals surface area contributed by atoms with Crippen LogP contribution in [0.15, 0.2) is 29.8 Å². The third-order valence-corrected chi connectivity index (χ3v) is 4.57. The van der Waals surface area contributed by atoms with Crippen LogP contribution in [-0.2, 0) is 6.54 Å². The maximum absolute atomic E-state index is 10.1. The molecule has 0 radical (unpaired) electrons. The van der Waals surface area contributed by atoms with Gasteiger partial charge < -0.3 is 14.9 Å². The molecule has 1 fully saturated rings. The fourth-order valence-corrected chi connectivity index (χ4v) is 3.12. The summed E-state index contributed by atoms with van der Waals surface area (Å²) in [5, 5.41) is 19.5. The summed E-state index contributed by atoms with van der Waals surface area (Å²) < 4.78 is 5.25. The summed E-state index contributed by atoms with van der Waals surface area (Å²) in [7, 11) is 1.63. The summed E-state index contributed by atoms with van der Waals surface area (Å²) >= 11 is 0. The summed E-state index contributed by atoms with van der Waals surface area (Å²) in [6.07, 6.45) is 3.02. The molecule has 0 bridgehead atoms. The lowest BCUT2D eigenvalue weighted by molar-refractivity contribution is 0.0632. The molecule has 0 aromatic heterocycles. The van der Waals surface area contributed by atoms with E-state index in [2.05, 4.69) is 29.7 Å². The highest BCUT2D eigenvalue weighted by molar-refractivity contribution is 5.39. The molecule has 0 aliphatic carbocycles. The van der Waals surface area contributed by atoms with Crippen molar-refractivity contribution < 1.29 is 14.9 Å². The number of hydrogen-bond acceptors (Lipinski definition) is 5. The van der Waals surface area contributed by atoms with Gasteiger partial charge in [-0.05, 0) is 38.5 Å². The Bertz CT molecular complexity index is 556. The van der Waals surface area contributed by atoms with Crippen LogP contribution in [0.3, 0.4) is 0 Å². The van der Waals surface area contributed by atoms with Gasteiger partial charge in [-0.1, -0.05) is 11.6 Å². The predicted octanol–water partition coefficient (Wildman–Crippen LogP) is 2.24. The quantitative estimate of drug-likeness (QED) is 0.749. The highest BCUT2D eigenvalue weighted by Gasteiger charge is 2.26. The first-order valence-corrected chi connectivity index (χ1v) is 8.60. The van der Waals surface area contributed by atoms with Crippen LogP contribution in [0.1, 0.15) is 25.8 Å². The molecule has 5 heteroatoms. The van der Waals surface area contributed by atoms with Crippen molar-refractivity contribution in [1.82, 2.24) is 9.80 Å². The average Bonchev–Trinajstić information content (AvgIpc) is 2.56. The number of rotatable bonds is 7. The van der Waals surface area contributed by atoms with Crippen LogP contribution in [0.2, 0.25) is 0 Å². The molecule has 0 spiro atoms. The summed E-state index contributed by atoms with van der Waals surface area (Å²) in [5.41, 5.74) is 2.20. The highest BCUT2D eigenvalue weighted by Crippen LogP contribution is 2.25. The number of aliphatic hydroxyl groups is 1. The standard InChI is InChI=1S/C19H30N2O3/c1-15(2)6-8-21-10-9-20(14-17(21)7-11-22)13-16-12-18(24-3)4-5-19(16)23/h4-6,12,17,22-23H,7-11,13-14H2,1-3H3. The van der Waals surface area contributed by atoms with Crippen molar-refractivity contribution in [2.24, 2.45) is 0 Å². The summed E-state index contributed by atoms with van der Waals surface area (Å²) in [4.78, 5) is 4.78. The zero-order valence-electron chi connectivity index (χ0n) is 15.0. The first-order valence-electron chi connectivity index (χ1n) is 8.60. The number of ether oxygens (including phenoxy) is 1. The fraction of sp³-hybridized carbons (Fsp3) is 0.579. The maximum Gasteiger partial charge on any atom is 0.120 e. The Labute approximate surface area is 145 Å². The largest absolute Gasteiger partial charge is 0.508 e. The minimum Gasteiger partial charge on any atom is -0.508 e. The second-order valence-corrected chi connectivity index (χ2v) is 6.67. The van der Waals surface area contributed by atoms with Crippen LogP contribution in [0.4, 0.5) is 0 Å². The van der Waals surface area contributed by atoms with Gasteiger partial charge in [0, 0.05) is 50.9 Å². The van der Waals surface area contributed by atoms with E-state index in [0.717, 1.165) is 43.9 Å². The van der Waals surface area contributed by atoms with Gasteiger partial charge in [0.1, 0.15) is 11.5 Å². The van der Waals surface area contributed by atoms with Crippen molar-refractivity contribution >= 4 is 0 Å². The molecule has 0 saturated carbocycles. The van der Waals surface area contributed by atoms with E-state index in [1.54, 1.807) is 19.2 Å². The molecule has 5 nitrogen and oxygen atoms in total. The minimum absolute atomic E-state index is 0.203. The van der Waals surface area contributed by atoms with Crippen LogP contribution in [0.5, 0.6) is 11.5 Å². The van der Waals surface area contributed by atoms with Gasteiger partial charge in [-0.25, -0.2) is 0 Å². The Morgan fingerprint density at radius 3 is 2.79 bits per heavy atom. The zero-order valence-corrected chi connectivity index (χ0v) is 15.0. The van der Waals surface area contributed by atoms with E-state index in [4.69, 9.17) is 4.74 Å². The molecule has 1 saturated heterocycles. The van der Waals surface area contributed by atoms with Crippen molar-refractivity contribution in [2.75, 3.05) is 39.9 Å². The predicted molar refractivity (Wildman–Crippen MR) is 96.4 cm³/mol. The Morgan fingerprint density at radius 2 is 2.12 bits per heavy atom. The molecule has 1 aliphatic heterocycles. The molecule has 1 aromatic carbocycles. The molecular weight excluding hydrogens is 304 g/mol. The Hall–Kier alpha value is -1.56. The Balaban J connectivity index is 2.02. The summed E-state index contributed by atoms with van der Waals surface area (Å²) in [5.74, 6) is 1.07. The number of phenols is 1. The van der Waals surface area contributed by atoms with Crippen molar-refractivity contribution in [3.8, 4) is 11.5 Å². The number of phenolic OH excluding ortho intramolecular Hbond substituents is 1. The number of nitrogens with zero attached hydrogens (tertiary/aromatic N) is 2. The first kappa shape index (κ1) is 18.8. The molecule has 1 aliphatic rings. The molecule has 2 rings (SSSR count). The number of methoxy groups -OCH3 is 1. The smallest absolute Gasteiger partial charge is 0.120 e. The van der Waals surface area contributed by atoms with E-state index in [0.29, 0.717) is 18.3 Å². The van der Waals surface area contributed by atoms with Gasteiger partial charge >= 0.3 is 0 Å². The van der Waals surface area contributed by atoms with Crippen molar-refractivity contribution in [2.45, 2.75) is 32.9 Å². The van der Waals surface area contributed by atoms with Gasteiger partial charge in [-0.15, -0.1) is 0 Å². The second-order valence-electron chi connectivity index (χ2n) is 6.67. The van der Waals surface area contributed by atoms with Crippen LogP contribution in [0.25, 0.3) is 0 Å². The molecule has 1 aromatic rings. The normalized spacial score (nSPS) is 19.2. The fourth-order valence-electron chi connectivity index (χ4n) is 3.12. The molecule has 1 unspecified atom stereocenters. The lowest BCUT2D eigenvalue weighted by atomic mass is 10.1. The molecule has 134 valence electrons. The SMILES string of the molecule is COc1ccc(O)c(CN2CCN(CC=C(C)C)C(CCO)C2)c1. The van der Waals surface area contributed by atoms with Crippen LogP contribution < -0.4 is 4.74 Å². The van der Waals surface area contributed by atoms with Gasteiger partial charge in [-0.2, -0.15) is 0 Å². The number of hydrogen-bond donors (Lipinski definition) is 2. The third kappa shape index (κ3) is 5.23. The summed E-state index contributed by atoms with van der Waals surface area (Å²) in [6.45, 7) is 8.88. The van der Waals surface area contributed by atoms with E-state index >= 15 is 0 Å². The van der Waals surface area contributed by atoms with Gasteiger partial charge in [-0.3, -0.25) is 9.80 Å². The molecule has 1 atom stereocenters. The average molecular weight is 334 g/mol. The van der Waals surface area contributed by atoms with E-state index in [1.807, 2.05) is 6.07 Å². The van der Waals surface area contributed by atoms with Crippen LogP contribution >= 0.6 is 0 Å². The van der Waals surface area contributed by atoms with E-state index in [-0.39, 0.29) is 6.61 Å². The zero-order chi connectivity index (χ0) is 17.5. The van der Waals surface area contributed by atoms with Crippen molar-refractivity contribution in [3.63, 3.8) is 0 Å². The van der Waals surface area contributed by atoms with Gasteiger partial charge in [0.2, 0.25) is 0 Å². The number of piperazine rings is 1. The number of allylic oxidation sites excluding steroid dienone is 1. The lowest BCUT2D eigenvalue weighted by Gasteiger charge is -2.41. The molecule has 2 N–H and O–H groups in total. The highest BCUT2D eigenvalue weighted by atomic mass is 16.5. The lowest BCUT2D eigenvalue weighted by Crippen LogP contribution is -2.53.